The molecule has 17 heavy (non-hydrogen) atoms. The SMILES string of the molecule is O=C(O)C(Nc1cccc(F)c1)c1nccs1. The lowest BCUT2D eigenvalue weighted by Crippen LogP contribution is -2.20. The molecule has 0 aliphatic carbocycles. The number of hydrogen-bond acceptors (Lipinski definition) is 4. The Morgan fingerprint density at radius 1 is 1.53 bits per heavy atom. The van der Waals surface area contributed by atoms with Crippen LogP contribution in [0.2, 0.25) is 0 Å². The van der Waals surface area contributed by atoms with Gasteiger partial charge in [0.25, 0.3) is 0 Å². The second-order valence-electron chi connectivity index (χ2n) is 3.30. The largest absolute Gasteiger partial charge is 0.479 e. The third kappa shape index (κ3) is 2.79. The number of aliphatic carboxylic acids is 1. The van der Waals surface area contributed by atoms with E-state index in [-0.39, 0.29) is 0 Å². The molecule has 0 aliphatic heterocycles. The molecule has 1 aromatic heterocycles. The number of aromatic nitrogens is 1. The quantitative estimate of drug-likeness (QED) is 0.877. The second kappa shape index (κ2) is 4.92. The van der Waals surface area contributed by atoms with Crippen LogP contribution in [0.5, 0.6) is 0 Å². The first-order chi connectivity index (χ1) is 8.16. The normalized spacial score (nSPS) is 12.1. The summed E-state index contributed by atoms with van der Waals surface area (Å²) in [6.07, 6.45) is 1.53. The van der Waals surface area contributed by atoms with Gasteiger partial charge in [0, 0.05) is 17.3 Å². The number of carboxylic acid groups (broad SMARTS) is 1. The number of nitrogens with zero attached hydrogens (tertiary/aromatic N) is 1. The summed E-state index contributed by atoms with van der Waals surface area (Å²) < 4.78 is 13.0. The first kappa shape index (κ1) is 11.5. The number of benzene rings is 1. The van der Waals surface area contributed by atoms with Crippen molar-refractivity contribution >= 4 is 23.0 Å². The minimum atomic E-state index is -1.05. The Hall–Kier alpha value is -1.95. The Labute approximate surface area is 101 Å². The Bertz CT molecular complexity index is 516. The number of nitrogens with one attached hydrogen (secondary N) is 1. The van der Waals surface area contributed by atoms with Crippen LogP contribution in [-0.4, -0.2) is 16.1 Å². The summed E-state index contributed by atoms with van der Waals surface area (Å²) in [6.45, 7) is 0. The van der Waals surface area contributed by atoms with Gasteiger partial charge < -0.3 is 10.4 Å². The van der Waals surface area contributed by atoms with Crippen molar-refractivity contribution in [3.63, 3.8) is 0 Å². The smallest absolute Gasteiger partial charge is 0.333 e. The van der Waals surface area contributed by atoms with Crippen LogP contribution in [0, 0.1) is 5.82 Å². The molecule has 1 unspecified atom stereocenters. The molecule has 1 aromatic carbocycles. The lowest BCUT2D eigenvalue weighted by molar-refractivity contribution is -0.138. The van der Waals surface area contributed by atoms with Crippen molar-refractivity contribution in [3.8, 4) is 0 Å². The van der Waals surface area contributed by atoms with E-state index in [0.717, 1.165) is 0 Å². The van der Waals surface area contributed by atoms with Gasteiger partial charge in [-0.05, 0) is 18.2 Å². The molecule has 6 heteroatoms. The summed E-state index contributed by atoms with van der Waals surface area (Å²) in [5.74, 6) is -1.47. The van der Waals surface area contributed by atoms with Gasteiger partial charge in [0.05, 0.1) is 0 Å². The average molecular weight is 252 g/mol. The van der Waals surface area contributed by atoms with E-state index in [1.165, 1.54) is 35.7 Å². The molecule has 0 saturated heterocycles. The zero-order valence-corrected chi connectivity index (χ0v) is 9.45. The monoisotopic (exact) mass is 252 g/mol. The Balaban J connectivity index is 2.22. The van der Waals surface area contributed by atoms with Crippen LogP contribution in [0.25, 0.3) is 0 Å². The summed E-state index contributed by atoms with van der Waals surface area (Å²) in [5.41, 5.74) is 0.410. The number of anilines is 1. The van der Waals surface area contributed by atoms with Crippen molar-refractivity contribution in [2.75, 3.05) is 5.32 Å². The van der Waals surface area contributed by atoms with E-state index in [2.05, 4.69) is 10.3 Å². The summed E-state index contributed by atoms with van der Waals surface area (Å²) in [6, 6.07) is 4.69. The van der Waals surface area contributed by atoms with Gasteiger partial charge in [-0.25, -0.2) is 14.2 Å². The van der Waals surface area contributed by atoms with Crippen LogP contribution in [0.4, 0.5) is 10.1 Å². The van der Waals surface area contributed by atoms with Gasteiger partial charge in [0.15, 0.2) is 6.04 Å². The topological polar surface area (TPSA) is 62.2 Å². The fraction of sp³-hybridized carbons (Fsp3) is 0.0909. The van der Waals surface area contributed by atoms with Gasteiger partial charge in [0.2, 0.25) is 0 Å². The Kier molecular flexibility index (Phi) is 3.34. The van der Waals surface area contributed by atoms with Crippen LogP contribution in [0.15, 0.2) is 35.8 Å². The molecule has 0 aliphatic rings. The third-order valence-corrected chi connectivity index (χ3v) is 2.92. The first-order valence-electron chi connectivity index (χ1n) is 4.81. The highest BCUT2D eigenvalue weighted by Crippen LogP contribution is 2.22. The zero-order chi connectivity index (χ0) is 12.3. The molecule has 0 spiro atoms. The molecule has 0 saturated carbocycles. The van der Waals surface area contributed by atoms with E-state index >= 15 is 0 Å². The van der Waals surface area contributed by atoms with Crippen molar-refractivity contribution in [1.82, 2.24) is 4.98 Å². The van der Waals surface area contributed by atoms with E-state index in [0.29, 0.717) is 10.7 Å². The van der Waals surface area contributed by atoms with Gasteiger partial charge in [-0.1, -0.05) is 6.07 Å². The van der Waals surface area contributed by atoms with Gasteiger partial charge in [-0.15, -0.1) is 11.3 Å². The number of carbonyl (C=O) groups is 1. The van der Waals surface area contributed by atoms with E-state index < -0.39 is 17.8 Å². The van der Waals surface area contributed by atoms with Gasteiger partial charge >= 0.3 is 5.97 Å². The molecule has 0 fully saturated rings. The van der Waals surface area contributed by atoms with Crippen LogP contribution in [0.3, 0.4) is 0 Å². The summed E-state index contributed by atoms with van der Waals surface area (Å²) >= 11 is 1.23. The van der Waals surface area contributed by atoms with Gasteiger partial charge in [-0.3, -0.25) is 0 Å². The molecular weight excluding hydrogens is 243 g/mol. The van der Waals surface area contributed by atoms with Crippen LogP contribution >= 0.6 is 11.3 Å². The van der Waals surface area contributed by atoms with Crippen LogP contribution in [0.1, 0.15) is 11.0 Å². The number of rotatable bonds is 4. The third-order valence-electron chi connectivity index (χ3n) is 2.08. The van der Waals surface area contributed by atoms with E-state index in [4.69, 9.17) is 5.11 Å². The highest BCUT2D eigenvalue weighted by atomic mass is 32.1. The molecule has 1 heterocycles. The molecule has 0 bridgehead atoms. The minimum Gasteiger partial charge on any atom is -0.479 e. The van der Waals surface area contributed by atoms with E-state index in [1.54, 1.807) is 11.4 Å². The minimum absolute atomic E-state index is 0.410. The molecule has 1 atom stereocenters. The zero-order valence-electron chi connectivity index (χ0n) is 8.63. The van der Waals surface area contributed by atoms with Crippen molar-refractivity contribution in [3.05, 3.63) is 46.7 Å². The van der Waals surface area contributed by atoms with Crippen molar-refractivity contribution in [2.45, 2.75) is 6.04 Å². The molecular formula is C11H9FN2O2S. The molecule has 2 N–H and O–H groups in total. The van der Waals surface area contributed by atoms with Gasteiger partial charge in [-0.2, -0.15) is 0 Å². The number of halogens is 1. The van der Waals surface area contributed by atoms with Crippen molar-refractivity contribution in [2.24, 2.45) is 0 Å². The molecule has 0 amide bonds. The summed E-state index contributed by atoms with van der Waals surface area (Å²) in [5, 5.41) is 13.9. The van der Waals surface area contributed by atoms with Gasteiger partial charge in [0.1, 0.15) is 10.8 Å². The summed E-state index contributed by atoms with van der Waals surface area (Å²) in [4.78, 5) is 15.0. The molecule has 88 valence electrons. The van der Waals surface area contributed by atoms with Crippen molar-refractivity contribution in [1.29, 1.82) is 0 Å². The first-order valence-corrected chi connectivity index (χ1v) is 5.69. The number of thiazole rings is 1. The predicted molar refractivity (Wildman–Crippen MR) is 62.5 cm³/mol. The fourth-order valence-electron chi connectivity index (χ4n) is 1.35. The highest BCUT2D eigenvalue weighted by molar-refractivity contribution is 7.09. The number of carboxylic acids is 1. The Morgan fingerprint density at radius 2 is 2.35 bits per heavy atom. The second-order valence-corrected chi connectivity index (χ2v) is 4.22. The fourth-order valence-corrected chi connectivity index (χ4v) is 2.03. The lowest BCUT2D eigenvalue weighted by atomic mass is 10.2. The Morgan fingerprint density at radius 3 is 2.94 bits per heavy atom. The number of hydrogen-bond donors (Lipinski definition) is 2. The van der Waals surface area contributed by atoms with Crippen LogP contribution < -0.4 is 5.32 Å². The van der Waals surface area contributed by atoms with Crippen LogP contribution in [-0.2, 0) is 4.79 Å². The highest BCUT2D eigenvalue weighted by Gasteiger charge is 2.22. The molecule has 2 rings (SSSR count). The summed E-state index contributed by atoms with van der Waals surface area (Å²) in [7, 11) is 0. The maximum Gasteiger partial charge on any atom is 0.333 e. The lowest BCUT2D eigenvalue weighted by Gasteiger charge is -2.13. The van der Waals surface area contributed by atoms with Crippen molar-refractivity contribution < 1.29 is 14.3 Å². The molecule has 0 radical (unpaired) electrons. The average Bonchev–Trinajstić information content (AvgIpc) is 2.78. The van der Waals surface area contributed by atoms with E-state index in [9.17, 15) is 9.18 Å². The standard InChI is InChI=1S/C11H9FN2O2S/c12-7-2-1-3-8(6-7)14-9(11(15)16)10-13-4-5-17-10/h1-6,9,14H,(H,15,16). The molecule has 4 nitrogen and oxygen atoms in total. The predicted octanol–water partition coefficient (Wildman–Crippen LogP) is 2.52. The maximum absolute atomic E-state index is 13.0. The molecule has 2 aromatic rings. The maximum atomic E-state index is 13.0. The van der Waals surface area contributed by atoms with E-state index in [1.807, 2.05) is 0 Å².